The maximum atomic E-state index is 5.35. The average molecular weight is 855 g/mol. The second kappa shape index (κ2) is 15.3. The van der Waals surface area contributed by atoms with E-state index >= 15 is 0 Å². The monoisotopic (exact) mass is 854 g/mol. The van der Waals surface area contributed by atoms with Gasteiger partial charge in [-0.2, -0.15) is 0 Å². The average Bonchev–Trinajstić information content (AvgIpc) is 3.63. The van der Waals surface area contributed by atoms with Crippen LogP contribution in [-0.2, 0) is 5.41 Å². The lowest BCUT2D eigenvalue weighted by Gasteiger charge is -2.22. The quantitative estimate of drug-likeness (QED) is 0.156. The van der Waals surface area contributed by atoms with Crippen molar-refractivity contribution in [3.8, 4) is 78.8 Å². The van der Waals surface area contributed by atoms with Crippen molar-refractivity contribution in [2.45, 2.75) is 19.3 Å². The number of hydrogen-bond acceptors (Lipinski definition) is 4. The van der Waals surface area contributed by atoms with E-state index < -0.39 is 0 Å². The van der Waals surface area contributed by atoms with E-state index in [9.17, 15) is 0 Å². The Morgan fingerprint density at radius 2 is 0.821 bits per heavy atom. The van der Waals surface area contributed by atoms with E-state index in [-0.39, 0.29) is 5.41 Å². The number of rotatable bonds is 6. The van der Waals surface area contributed by atoms with Crippen molar-refractivity contribution >= 4 is 43.2 Å². The zero-order valence-electron chi connectivity index (χ0n) is 37.1. The minimum absolute atomic E-state index is 0.193. The predicted molar refractivity (Wildman–Crippen MR) is 278 cm³/mol. The van der Waals surface area contributed by atoms with Gasteiger partial charge in [0.2, 0.25) is 0 Å². The molecule has 4 heteroatoms. The Morgan fingerprint density at radius 3 is 1.54 bits per heavy atom. The summed E-state index contributed by atoms with van der Waals surface area (Å²) in [7, 11) is 0. The Balaban J connectivity index is 1.04. The number of fused-ring (bicyclic) bond motifs is 9. The van der Waals surface area contributed by atoms with Crippen molar-refractivity contribution in [1.82, 2.24) is 19.9 Å². The SMILES string of the molecule is CC1(C)c2cc(-c3cc(-c4nc(-c5ccccc5)nc(-c5ccccc5)n4)cc(-c4ccc(-c5nc6ccccc6c6ccccc56)c5ccccc45)c3)ccc2-c2c1ccc1ccccc21. The van der Waals surface area contributed by atoms with Crippen LogP contribution in [0.5, 0.6) is 0 Å². The van der Waals surface area contributed by atoms with Crippen LogP contribution in [0, 0.1) is 0 Å². The van der Waals surface area contributed by atoms with Crippen LogP contribution in [0.3, 0.4) is 0 Å². The molecule has 2 aromatic heterocycles. The summed E-state index contributed by atoms with van der Waals surface area (Å²) in [4.78, 5) is 20.9. The third-order valence-electron chi connectivity index (χ3n) is 13.9. The molecule has 0 radical (unpaired) electrons. The summed E-state index contributed by atoms with van der Waals surface area (Å²) in [6.45, 7) is 4.72. The van der Waals surface area contributed by atoms with Crippen molar-refractivity contribution in [2.24, 2.45) is 0 Å². The Morgan fingerprint density at radius 1 is 0.299 bits per heavy atom. The summed E-state index contributed by atoms with van der Waals surface area (Å²) in [6, 6.07) is 78.0. The van der Waals surface area contributed by atoms with Gasteiger partial charge < -0.3 is 0 Å². The zero-order chi connectivity index (χ0) is 44.6. The first-order chi connectivity index (χ1) is 33.0. The van der Waals surface area contributed by atoms with Gasteiger partial charge in [0.1, 0.15) is 0 Å². The largest absolute Gasteiger partial charge is 0.247 e. The molecule has 0 spiro atoms. The number of aromatic nitrogens is 4. The van der Waals surface area contributed by atoms with E-state index in [2.05, 4.69) is 196 Å². The second-order valence-electron chi connectivity index (χ2n) is 18.2. The summed E-state index contributed by atoms with van der Waals surface area (Å²) in [5.41, 5.74) is 15.4. The highest BCUT2D eigenvalue weighted by atomic mass is 15.0. The van der Waals surface area contributed by atoms with E-state index in [4.69, 9.17) is 19.9 Å². The van der Waals surface area contributed by atoms with Crippen LogP contribution in [-0.4, -0.2) is 19.9 Å². The van der Waals surface area contributed by atoms with Crippen molar-refractivity contribution in [2.75, 3.05) is 0 Å². The Bertz CT molecular complexity index is 3890. The number of para-hydroxylation sites is 1. The lowest BCUT2D eigenvalue weighted by Crippen LogP contribution is -2.15. The molecule has 2 heterocycles. The molecule has 0 N–H and O–H groups in total. The molecule has 1 aliphatic rings. The molecule has 13 rings (SSSR count). The van der Waals surface area contributed by atoms with Crippen molar-refractivity contribution in [3.05, 3.63) is 230 Å². The van der Waals surface area contributed by atoms with Crippen LogP contribution in [0.1, 0.15) is 25.0 Å². The molecular weight excluding hydrogens is 813 g/mol. The first-order valence-corrected chi connectivity index (χ1v) is 23.0. The van der Waals surface area contributed by atoms with Crippen LogP contribution in [0.25, 0.3) is 122 Å². The zero-order valence-corrected chi connectivity index (χ0v) is 37.1. The summed E-state index contributed by atoms with van der Waals surface area (Å²) >= 11 is 0. The normalized spacial score (nSPS) is 12.7. The summed E-state index contributed by atoms with van der Waals surface area (Å²) in [6.07, 6.45) is 0. The van der Waals surface area contributed by atoms with Gasteiger partial charge in [-0.15, -0.1) is 0 Å². The standard InChI is InChI=1S/C63H42N4/c1-63(2)55-34-30-39-17-9-10-22-47(39)58(55)54-31-29-42(38-56(54)63)43-35-44(37-45(36-43)62-66-60(40-18-5-3-6-19-40)65-61(67-62)41-20-7-4-8-21-41)46-32-33-53(49-24-12-11-23-48(46)49)59-52-27-14-13-25-50(52)51-26-15-16-28-57(51)64-59/h3-38H,1-2H3. The summed E-state index contributed by atoms with van der Waals surface area (Å²) in [5.74, 6) is 1.88. The third-order valence-corrected chi connectivity index (χ3v) is 13.9. The third kappa shape index (κ3) is 6.36. The van der Waals surface area contributed by atoms with E-state index in [0.29, 0.717) is 17.5 Å². The van der Waals surface area contributed by atoms with E-state index in [1.807, 2.05) is 36.4 Å². The first kappa shape index (κ1) is 38.8. The predicted octanol–water partition coefficient (Wildman–Crippen LogP) is 16.2. The molecule has 4 nitrogen and oxygen atoms in total. The smallest absolute Gasteiger partial charge is 0.164 e. The van der Waals surface area contributed by atoms with Crippen LogP contribution in [0.2, 0.25) is 0 Å². The number of pyridine rings is 1. The molecule has 0 fully saturated rings. The highest BCUT2D eigenvalue weighted by Gasteiger charge is 2.36. The van der Waals surface area contributed by atoms with Gasteiger partial charge in [-0.05, 0) is 102 Å². The van der Waals surface area contributed by atoms with E-state index in [0.717, 1.165) is 77.3 Å². The lowest BCUT2D eigenvalue weighted by atomic mass is 9.81. The number of hydrogen-bond donors (Lipinski definition) is 0. The highest BCUT2D eigenvalue weighted by Crippen LogP contribution is 2.52. The van der Waals surface area contributed by atoms with Crippen LogP contribution >= 0.6 is 0 Å². The molecule has 0 aliphatic heterocycles. The topological polar surface area (TPSA) is 51.6 Å². The first-order valence-electron chi connectivity index (χ1n) is 23.0. The van der Waals surface area contributed by atoms with Crippen LogP contribution in [0.4, 0.5) is 0 Å². The van der Waals surface area contributed by atoms with Gasteiger partial charge in [0.25, 0.3) is 0 Å². The fraction of sp³-hybridized carbons (Fsp3) is 0.0476. The van der Waals surface area contributed by atoms with Gasteiger partial charge in [0.15, 0.2) is 17.5 Å². The Hall–Kier alpha value is -8.60. The maximum Gasteiger partial charge on any atom is 0.164 e. The van der Waals surface area contributed by atoms with Gasteiger partial charge >= 0.3 is 0 Å². The number of benzene rings is 10. The molecule has 0 unspecified atom stereocenters. The van der Waals surface area contributed by atoms with Crippen molar-refractivity contribution in [1.29, 1.82) is 0 Å². The molecule has 12 aromatic rings. The molecule has 0 atom stereocenters. The van der Waals surface area contributed by atoms with Gasteiger partial charge in [-0.1, -0.05) is 202 Å². The molecule has 0 bridgehead atoms. The molecular formula is C63H42N4. The second-order valence-corrected chi connectivity index (χ2v) is 18.2. The minimum Gasteiger partial charge on any atom is -0.247 e. The molecule has 67 heavy (non-hydrogen) atoms. The highest BCUT2D eigenvalue weighted by molar-refractivity contribution is 6.15. The molecule has 0 saturated carbocycles. The van der Waals surface area contributed by atoms with Gasteiger partial charge in [-0.25, -0.2) is 19.9 Å². The van der Waals surface area contributed by atoms with Gasteiger partial charge in [-0.3, -0.25) is 0 Å². The fourth-order valence-electron chi connectivity index (χ4n) is 10.6. The van der Waals surface area contributed by atoms with Gasteiger partial charge in [0, 0.05) is 38.4 Å². The summed E-state index contributed by atoms with van der Waals surface area (Å²) < 4.78 is 0. The van der Waals surface area contributed by atoms with Crippen molar-refractivity contribution < 1.29 is 0 Å². The molecule has 314 valence electrons. The number of nitrogens with zero attached hydrogens (tertiary/aromatic N) is 4. The van der Waals surface area contributed by atoms with E-state index in [1.165, 1.54) is 38.4 Å². The Kier molecular flexibility index (Phi) is 8.84. The summed E-state index contributed by atoms with van der Waals surface area (Å²) in [5, 5.41) is 8.33. The molecule has 0 amide bonds. The van der Waals surface area contributed by atoms with Crippen LogP contribution < -0.4 is 0 Å². The Labute approximate surface area is 389 Å². The lowest BCUT2D eigenvalue weighted by molar-refractivity contribution is 0.661. The molecule has 10 aromatic carbocycles. The maximum absolute atomic E-state index is 5.35. The fourth-order valence-corrected chi connectivity index (χ4v) is 10.6. The van der Waals surface area contributed by atoms with Crippen LogP contribution in [0.15, 0.2) is 218 Å². The van der Waals surface area contributed by atoms with E-state index in [1.54, 1.807) is 0 Å². The van der Waals surface area contributed by atoms with Gasteiger partial charge in [0.05, 0.1) is 11.2 Å². The van der Waals surface area contributed by atoms with Crippen molar-refractivity contribution in [3.63, 3.8) is 0 Å². The molecule has 0 saturated heterocycles. The minimum atomic E-state index is -0.193. The molecule has 1 aliphatic carbocycles.